The van der Waals surface area contributed by atoms with Crippen molar-refractivity contribution in [2.75, 3.05) is 19.0 Å². The summed E-state index contributed by atoms with van der Waals surface area (Å²) < 4.78 is 5.18. The van der Waals surface area contributed by atoms with E-state index < -0.39 is 0 Å². The van der Waals surface area contributed by atoms with Crippen LogP contribution in [0, 0.1) is 0 Å². The standard InChI is InChI=1S/C18H20N4O/c1-23-14-8-6-13(7-9-14)12-20-18-15-4-2-3-5-16(15)21-17(22-18)10-11-19/h2-9H,10-12,19H2,1H3,(H,20,21,22). The Balaban J connectivity index is 1.85. The van der Waals surface area contributed by atoms with Crippen molar-refractivity contribution in [2.24, 2.45) is 5.73 Å². The molecule has 0 fully saturated rings. The lowest BCUT2D eigenvalue weighted by atomic mass is 10.2. The third-order valence-corrected chi connectivity index (χ3v) is 3.64. The lowest BCUT2D eigenvalue weighted by Gasteiger charge is -2.11. The zero-order valence-electron chi connectivity index (χ0n) is 13.1. The van der Waals surface area contributed by atoms with E-state index in [1.165, 1.54) is 0 Å². The minimum absolute atomic E-state index is 0.538. The summed E-state index contributed by atoms with van der Waals surface area (Å²) >= 11 is 0. The van der Waals surface area contributed by atoms with Gasteiger partial charge in [-0.3, -0.25) is 0 Å². The van der Waals surface area contributed by atoms with Gasteiger partial charge < -0.3 is 15.8 Å². The van der Waals surface area contributed by atoms with E-state index in [0.717, 1.165) is 33.9 Å². The molecule has 0 spiro atoms. The SMILES string of the molecule is COc1ccc(CNc2nc(CCN)nc3ccccc23)cc1. The van der Waals surface area contributed by atoms with Gasteiger partial charge in [0.2, 0.25) is 0 Å². The molecule has 2 aromatic carbocycles. The van der Waals surface area contributed by atoms with Crippen LogP contribution in [0.15, 0.2) is 48.5 Å². The molecule has 0 aliphatic rings. The lowest BCUT2D eigenvalue weighted by molar-refractivity contribution is 0.414. The molecule has 118 valence electrons. The fourth-order valence-electron chi connectivity index (χ4n) is 2.43. The molecule has 5 heteroatoms. The smallest absolute Gasteiger partial charge is 0.137 e. The number of anilines is 1. The van der Waals surface area contributed by atoms with Gasteiger partial charge in [-0.25, -0.2) is 9.97 Å². The molecule has 0 bridgehead atoms. The Morgan fingerprint density at radius 1 is 1.04 bits per heavy atom. The zero-order valence-corrected chi connectivity index (χ0v) is 13.1. The highest BCUT2D eigenvalue weighted by molar-refractivity contribution is 5.88. The molecular weight excluding hydrogens is 288 g/mol. The van der Waals surface area contributed by atoms with Crippen LogP contribution < -0.4 is 15.8 Å². The fourth-order valence-corrected chi connectivity index (χ4v) is 2.43. The van der Waals surface area contributed by atoms with E-state index in [4.69, 9.17) is 10.5 Å². The number of nitrogens with zero attached hydrogens (tertiary/aromatic N) is 2. The highest BCUT2D eigenvalue weighted by Crippen LogP contribution is 2.21. The van der Waals surface area contributed by atoms with Crippen molar-refractivity contribution in [1.82, 2.24) is 9.97 Å². The van der Waals surface area contributed by atoms with Crippen LogP contribution in [0.3, 0.4) is 0 Å². The molecule has 0 aliphatic carbocycles. The van der Waals surface area contributed by atoms with Crippen LogP contribution in [0.25, 0.3) is 10.9 Å². The molecule has 0 unspecified atom stereocenters. The highest BCUT2D eigenvalue weighted by Gasteiger charge is 2.07. The van der Waals surface area contributed by atoms with Crippen molar-refractivity contribution in [2.45, 2.75) is 13.0 Å². The van der Waals surface area contributed by atoms with Gasteiger partial charge in [-0.05, 0) is 36.4 Å². The van der Waals surface area contributed by atoms with Crippen LogP contribution in [-0.2, 0) is 13.0 Å². The number of aromatic nitrogens is 2. The quantitative estimate of drug-likeness (QED) is 0.732. The number of nitrogens with one attached hydrogen (secondary N) is 1. The number of methoxy groups -OCH3 is 1. The number of nitrogens with two attached hydrogens (primary N) is 1. The molecular formula is C18H20N4O. The second-order valence-electron chi connectivity index (χ2n) is 5.25. The summed E-state index contributed by atoms with van der Waals surface area (Å²) in [5.74, 6) is 2.46. The summed E-state index contributed by atoms with van der Waals surface area (Å²) in [6.45, 7) is 1.23. The zero-order chi connectivity index (χ0) is 16.1. The second-order valence-corrected chi connectivity index (χ2v) is 5.25. The van der Waals surface area contributed by atoms with Gasteiger partial charge in [0.25, 0.3) is 0 Å². The Kier molecular flexibility index (Phi) is 4.68. The van der Waals surface area contributed by atoms with Crippen LogP contribution in [0.2, 0.25) is 0 Å². The number of ether oxygens (including phenoxy) is 1. The Bertz CT molecular complexity index is 787. The lowest BCUT2D eigenvalue weighted by Crippen LogP contribution is -2.09. The molecule has 3 rings (SSSR count). The van der Waals surface area contributed by atoms with Crippen molar-refractivity contribution in [3.63, 3.8) is 0 Å². The molecule has 0 radical (unpaired) electrons. The number of hydrogen-bond donors (Lipinski definition) is 2. The first kappa shape index (κ1) is 15.2. The summed E-state index contributed by atoms with van der Waals surface area (Å²) in [6.07, 6.45) is 0.669. The Labute approximate surface area is 135 Å². The van der Waals surface area contributed by atoms with Crippen molar-refractivity contribution < 1.29 is 4.74 Å². The first-order valence-corrected chi connectivity index (χ1v) is 7.62. The van der Waals surface area contributed by atoms with Gasteiger partial charge in [0.1, 0.15) is 17.4 Å². The summed E-state index contributed by atoms with van der Waals surface area (Å²) in [4.78, 5) is 9.17. The topological polar surface area (TPSA) is 73.1 Å². The van der Waals surface area contributed by atoms with E-state index in [1.807, 2.05) is 48.5 Å². The van der Waals surface area contributed by atoms with Crippen LogP contribution >= 0.6 is 0 Å². The normalized spacial score (nSPS) is 10.7. The van der Waals surface area contributed by atoms with Gasteiger partial charge in [0, 0.05) is 18.4 Å². The number of hydrogen-bond acceptors (Lipinski definition) is 5. The molecule has 0 aliphatic heterocycles. The molecule has 3 N–H and O–H groups in total. The first-order chi connectivity index (χ1) is 11.3. The van der Waals surface area contributed by atoms with E-state index in [0.29, 0.717) is 19.5 Å². The van der Waals surface area contributed by atoms with Gasteiger partial charge in [-0.1, -0.05) is 24.3 Å². The van der Waals surface area contributed by atoms with Crippen molar-refractivity contribution in [3.05, 3.63) is 59.9 Å². The molecule has 1 heterocycles. The fraction of sp³-hybridized carbons (Fsp3) is 0.222. The number of rotatable bonds is 6. The van der Waals surface area contributed by atoms with Gasteiger partial charge in [-0.15, -0.1) is 0 Å². The van der Waals surface area contributed by atoms with Crippen LogP contribution in [0.4, 0.5) is 5.82 Å². The Morgan fingerprint density at radius 3 is 2.57 bits per heavy atom. The Morgan fingerprint density at radius 2 is 1.83 bits per heavy atom. The van der Waals surface area contributed by atoms with Crippen molar-refractivity contribution in [3.8, 4) is 5.75 Å². The highest BCUT2D eigenvalue weighted by atomic mass is 16.5. The number of fused-ring (bicyclic) bond motifs is 1. The maximum absolute atomic E-state index is 5.63. The van der Waals surface area contributed by atoms with Crippen LogP contribution in [-0.4, -0.2) is 23.6 Å². The Hall–Kier alpha value is -2.66. The average molecular weight is 308 g/mol. The summed E-state index contributed by atoms with van der Waals surface area (Å²) in [6, 6.07) is 16.0. The average Bonchev–Trinajstić information content (AvgIpc) is 2.60. The van der Waals surface area contributed by atoms with Crippen LogP contribution in [0.1, 0.15) is 11.4 Å². The van der Waals surface area contributed by atoms with Gasteiger partial charge in [-0.2, -0.15) is 0 Å². The molecule has 5 nitrogen and oxygen atoms in total. The monoisotopic (exact) mass is 308 g/mol. The van der Waals surface area contributed by atoms with Crippen molar-refractivity contribution in [1.29, 1.82) is 0 Å². The third kappa shape index (κ3) is 3.57. The molecule has 0 amide bonds. The maximum atomic E-state index is 5.63. The molecule has 1 aromatic heterocycles. The summed E-state index contributed by atoms with van der Waals surface area (Å²) in [5, 5.41) is 4.42. The summed E-state index contributed by atoms with van der Waals surface area (Å²) in [7, 11) is 1.67. The van der Waals surface area contributed by atoms with E-state index in [-0.39, 0.29) is 0 Å². The number of benzene rings is 2. The largest absolute Gasteiger partial charge is 0.497 e. The minimum atomic E-state index is 0.538. The van der Waals surface area contributed by atoms with Crippen molar-refractivity contribution >= 4 is 16.7 Å². The second kappa shape index (κ2) is 7.07. The summed E-state index contributed by atoms with van der Waals surface area (Å²) in [5.41, 5.74) is 7.73. The molecule has 0 saturated heterocycles. The third-order valence-electron chi connectivity index (χ3n) is 3.64. The molecule has 3 aromatic rings. The maximum Gasteiger partial charge on any atom is 0.137 e. The van der Waals surface area contributed by atoms with E-state index >= 15 is 0 Å². The predicted molar refractivity (Wildman–Crippen MR) is 92.6 cm³/mol. The molecule has 0 saturated carbocycles. The number of para-hydroxylation sites is 1. The van der Waals surface area contributed by atoms with Gasteiger partial charge in [0.15, 0.2) is 0 Å². The van der Waals surface area contributed by atoms with E-state index in [1.54, 1.807) is 7.11 Å². The van der Waals surface area contributed by atoms with E-state index in [9.17, 15) is 0 Å². The first-order valence-electron chi connectivity index (χ1n) is 7.62. The van der Waals surface area contributed by atoms with Gasteiger partial charge in [0.05, 0.1) is 12.6 Å². The molecule has 23 heavy (non-hydrogen) atoms. The van der Waals surface area contributed by atoms with Crippen LogP contribution in [0.5, 0.6) is 5.75 Å². The van der Waals surface area contributed by atoms with E-state index in [2.05, 4.69) is 15.3 Å². The minimum Gasteiger partial charge on any atom is -0.497 e. The predicted octanol–water partition coefficient (Wildman–Crippen LogP) is 2.75. The molecule has 0 atom stereocenters. The van der Waals surface area contributed by atoms with Gasteiger partial charge >= 0.3 is 0 Å².